The van der Waals surface area contributed by atoms with Gasteiger partial charge >= 0.3 is 0 Å². The highest BCUT2D eigenvalue weighted by atomic mass is 35.5. The van der Waals surface area contributed by atoms with E-state index in [2.05, 4.69) is 15.5 Å². The second-order valence-corrected chi connectivity index (χ2v) is 6.33. The molecule has 1 N–H and O–H groups in total. The van der Waals surface area contributed by atoms with E-state index in [1.165, 1.54) is 18.0 Å². The molecule has 0 atom stereocenters. The van der Waals surface area contributed by atoms with E-state index in [1.807, 2.05) is 54.6 Å². The Kier molecular flexibility index (Phi) is 5.87. The van der Waals surface area contributed by atoms with Gasteiger partial charge in [-0.3, -0.25) is 4.79 Å². The summed E-state index contributed by atoms with van der Waals surface area (Å²) in [6.07, 6.45) is 3.14. The molecule has 0 spiro atoms. The second kappa shape index (κ2) is 8.50. The molecule has 1 aromatic heterocycles. The van der Waals surface area contributed by atoms with E-state index in [4.69, 9.17) is 16.0 Å². The van der Waals surface area contributed by atoms with Crippen molar-refractivity contribution in [2.75, 3.05) is 5.75 Å². The van der Waals surface area contributed by atoms with Gasteiger partial charge in [-0.15, -0.1) is 0 Å². The van der Waals surface area contributed by atoms with Crippen LogP contribution < -0.4 is 5.43 Å². The lowest BCUT2D eigenvalue weighted by molar-refractivity contribution is -0.118. The van der Waals surface area contributed by atoms with Gasteiger partial charge in [0.15, 0.2) is 5.58 Å². The van der Waals surface area contributed by atoms with Crippen LogP contribution in [-0.2, 0) is 4.79 Å². The number of allylic oxidation sites excluding steroid dienone is 1. The molecule has 3 aromatic rings. The van der Waals surface area contributed by atoms with E-state index in [0.717, 1.165) is 11.1 Å². The summed E-state index contributed by atoms with van der Waals surface area (Å²) in [6.45, 7) is 0. The van der Waals surface area contributed by atoms with E-state index in [1.54, 1.807) is 6.08 Å². The average molecular weight is 372 g/mol. The van der Waals surface area contributed by atoms with E-state index < -0.39 is 0 Å². The number of oxazole rings is 1. The lowest BCUT2D eigenvalue weighted by Gasteiger charge is -1.97. The summed E-state index contributed by atoms with van der Waals surface area (Å²) in [5, 5.41) is 4.69. The van der Waals surface area contributed by atoms with Crippen LogP contribution in [0.3, 0.4) is 0 Å². The number of carbonyl (C=O) groups excluding carboxylic acids is 1. The fourth-order valence-corrected chi connectivity index (χ4v) is 2.79. The highest BCUT2D eigenvalue weighted by Gasteiger charge is 2.08. The normalized spacial score (nSPS) is 12.0. The second-order valence-electron chi connectivity index (χ2n) is 4.97. The van der Waals surface area contributed by atoms with Crippen LogP contribution in [-0.4, -0.2) is 22.9 Å². The van der Waals surface area contributed by atoms with E-state index >= 15 is 0 Å². The Morgan fingerprint density at radius 3 is 2.76 bits per heavy atom. The van der Waals surface area contributed by atoms with Gasteiger partial charge in [0.1, 0.15) is 5.52 Å². The number of fused-ring (bicyclic) bond motifs is 1. The van der Waals surface area contributed by atoms with Crippen LogP contribution in [0.1, 0.15) is 5.56 Å². The minimum Gasteiger partial charge on any atom is -0.431 e. The monoisotopic (exact) mass is 371 g/mol. The zero-order valence-corrected chi connectivity index (χ0v) is 14.6. The Morgan fingerprint density at radius 2 is 1.96 bits per heavy atom. The number of hydrazone groups is 1. The maximum atomic E-state index is 11.8. The molecule has 1 heterocycles. The van der Waals surface area contributed by atoms with Gasteiger partial charge in [-0.25, -0.2) is 10.4 Å². The summed E-state index contributed by atoms with van der Waals surface area (Å²) in [6, 6.07) is 17.0. The summed E-state index contributed by atoms with van der Waals surface area (Å²) in [4.78, 5) is 16.1. The van der Waals surface area contributed by atoms with Crippen molar-refractivity contribution in [2.24, 2.45) is 5.10 Å². The van der Waals surface area contributed by atoms with Crippen LogP contribution in [0.25, 0.3) is 17.2 Å². The third-order valence-corrected chi connectivity index (χ3v) is 4.12. The number of aromatic nitrogens is 1. The zero-order valence-electron chi connectivity index (χ0n) is 13.1. The minimum absolute atomic E-state index is 0.143. The molecule has 5 nitrogen and oxygen atoms in total. The topological polar surface area (TPSA) is 67.5 Å². The van der Waals surface area contributed by atoms with Crippen LogP contribution in [0.2, 0.25) is 0 Å². The number of para-hydroxylation sites is 2. The molecule has 0 bridgehead atoms. The van der Waals surface area contributed by atoms with Crippen LogP contribution in [0, 0.1) is 0 Å². The highest BCUT2D eigenvalue weighted by Crippen LogP contribution is 2.22. The number of rotatable bonds is 6. The number of nitrogens with one attached hydrogen (secondary N) is 1. The molecule has 0 fully saturated rings. The minimum atomic E-state index is -0.271. The first kappa shape index (κ1) is 17.3. The molecule has 126 valence electrons. The Labute approximate surface area is 153 Å². The summed E-state index contributed by atoms with van der Waals surface area (Å²) >= 11 is 7.25. The summed E-state index contributed by atoms with van der Waals surface area (Å²) in [5.74, 6) is -0.128. The number of amides is 1. The molecule has 1 amide bonds. The van der Waals surface area contributed by atoms with Gasteiger partial charge in [0, 0.05) is 0 Å². The van der Waals surface area contributed by atoms with Gasteiger partial charge in [-0.05, 0) is 23.8 Å². The molecule has 2 aromatic carbocycles. The lowest BCUT2D eigenvalue weighted by atomic mass is 10.2. The Bertz CT molecular complexity index is 889. The van der Waals surface area contributed by atoms with E-state index in [0.29, 0.717) is 15.8 Å². The first-order chi connectivity index (χ1) is 12.2. The van der Waals surface area contributed by atoms with Crippen molar-refractivity contribution >= 4 is 52.7 Å². The number of nitrogens with zero attached hydrogens (tertiary/aromatic N) is 2. The van der Waals surface area contributed by atoms with E-state index in [-0.39, 0.29) is 11.7 Å². The fourth-order valence-electron chi connectivity index (χ4n) is 1.98. The summed E-state index contributed by atoms with van der Waals surface area (Å²) in [5.41, 5.74) is 4.83. The molecule has 0 unspecified atom stereocenters. The van der Waals surface area contributed by atoms with Crippen LogP contribution in [0.5, 0.6) is 0 Å². The van der Waals surface area contributed by atoms with Gasteiger partial charge in [-0.1, -0.05) is 65.8 Å². The predicted molar refractivity (Wildman–Crippen MR) is 102 cm³/mol. The maximum Gasteiger partial charge on any atom is 0.257 e. The Morgan fingerprint density at radius 1 is 1.20 bits per heavy atom. The van der Waals surface area contributed by atoms with Crippen molar-refractivity contribution in [1.29, 1.82) is 0 Å². The molecule has 25 heavy (non-hydrogen) atoms. The van der Waals surface area contributed by atoms with Crippen molar-refractivity contribution in [3.8, 4) is 0 Å². The predicted octanol–water partition coefficient (Wildman–Crippen LogP) is 4.30. The van der Waals surface area contributed by atoms with Crippen molar-refractivity contribution in [3.63, 3.8) is 0 Å². The number of benzene rings is 2. The highest BCUT2D eigenvalue weighted by molar-refractivity contribution is 7.99. The molecule has 0 aliphatic rings. The maximum absolute atomic E-state index is 11.8. The average Bonchev–Trinajstić information content (AvgIpc) is 3.04. The lowest BCUT2D eigenvalue weighted by Crippen LogP contribution is -2.19. The molecular weight excluding hydrogens is 358 g/mol. The van der Waals surface area contributed by atoms with Gasteiger partial charge in [0.05, 0.1) is 17.0 Å². The molecule has 7 heteroatoms. The third kappa shape index (κ3) is 5.20. The molecule has 0 saturated heterocycles. The standard InChI is InChI=1S/C18H14ClN3O2S/c19-14(10-13-6-2-1-3-7-13)11-20-22-17(23)12-25-18-21-15-8-4-5-9-16(15)24-18/h1-11H,12H2,(H,22,23). The number of carbonyl (C=O) groups is 1. The number of halogens is 1. The molecule has 0 radical (unpaired) electrons. The fraction of sp³-hybridized carbons (Fsp3) is 0.0556. The van der Waals surface area contributed by atoms with E-state index in [9.17, 15) is 4.79 Å². The number of hydrogen-bond acceptors (Lipinski definition) is 5. The SMILES string of the molecule is O=C(CSc1nc2ccccc2o1)NN=CC(Cl)=Cc1ccccc1. The summed E-state index contributed by atoms with van der Waals surface area (Å²) in [7, 11) is 0. The first-order valence-electron chi connectivity index (χ1n) is 7.43. The molecule has 3 rings (SSSR count). The number of thioether (sulfide) groups is 1. The van der Waals surface area contributed by atoms with Crippen molar-refractivity contribution in [2.45, 2.75) is 5.22 Å². The molecule has 0 aliphatic carbocycles. The summed E-state index contributed by atoms with van der Waals surface area (Å²) < 4.78 is 5.53. The van der Waals surface area contributed by atoms with Crippen LogP contribution >= 0.6 is 23.4 Å². The van der Waals surface area contributed by atoms with Gasteiger partial charge in [-0.2, -0.15) is 5.10 Å². The molecule has 0 saturated carbocycles. The largest absolute Gasteiger partial charge is 0.431 e. The van der Waals surface area contributed by atoms with Crippen LogP contribution in [0.4, 0.5) is 0 Å². The smallest absolute Gasteiger partial charge is 0.257 e. The van der Waals surface area contributed by atoms with Gasteiger partial charge in [0.2, 0.25) is 0 Å². The molecule has 0 aliphatic heterocycles. The number of hydrogen-bond donors (Lipinski definition) is 1. The van der Waals surface area contributed by atoms with Gasteiger partial charge in [0.25, 0.3) is 11.1 Å². The van der Waals surface area contributed by atoms with Gasteiger partial charge < -0.3 is 4.42 Å². The third-order valence-electron chi connectivity index (χ3n) is 3.08. The van der Waals surface area contributed by atoms with Crippen LogP contribution in [0.15, 0.2) is 74.4 Å². The van der Waals surface area contributed by atoms with Crippen molar-refractivity contribution < 1.29 is 9.21 Å². The Hall–Kier alpha value is -2.57. The van der Waals surface area contributed by atoms with Crippen molar-refractivity contribution in [1.82, 2.24) is 10.4 Å². The Balaban J connectivity index is 1.48. The first-order valence-corrected chi connectivity index (χ1v) is 8.79. The zero-order chi connectivity index (χ0) is 17.5. The van der Waals surface area contributed by atoms with Crippen molar-refractivity contribution in [3.05, 3.63) is 65.2 Å². The molecular formula is C18H14ClN3O2S. The quantitative estimate of drug-likeness (QED) is 0.398.